The summed E-state index contributed by atoms with van der Waals surface area (Å²) >= 11 is 3.71. The molecule has 0 aliphatic heterocycles. The van der Waals surface area contributed by atoms with Crippen LogP contribution < -0.4 is 20.4 Å². The molecular weight excluding hydrogens is 963 g/mol. The highest BCUT2D eigenvalue weighted by molar-refractivity contribution is 7.98. The van der Waals surface area contributed by atoms with Crippen molar-refractivity contribution in [3.63, 3.8) is 0 Å². The van der Waals surface area contributed by atoms with E-state index in [-0.39, 0.29) is 57.2 Å². The molecule has 0 saturated carbocycles. The third kappa shape index (κ3) is 11.6. The first-order valence-corrected chi connectivity index (χ1v) is 27.3. The maximum absolute atomic E-state index is 13.2. The van der Waals surface area contributed by atoms with Crippen molar-refractivity contribution in [3.05, 3.63) is 99.2 Å². The van der Waals surface area contributed by atoms with Gasteiger partial charge >= 0.3 is 0 Å². The Morgan fingerprint density at radius 1 is 0.671 bits per heavy atom. The highest BCUT2D eigenvalue weighted by atomic mass is 32.2. The normalized spacial score (nSPS) is 15.3. The molecule has 2 aliphatic rings. The number of rotatable bonds is 18. The molecule has 3 aromatic carbocycles. The monoisotopic (exact) mass is 1020 g/mol. The van der Waals surface area contributed by atoms with Crippen LogP contribution in [-0.2, 0) is 28.7 Å². The van der Waals surface area contributed by atoms with Gasteiger partial charge in [0, 0.05) is 56.1 Å². The molecule has 3 heterocycles. The lowest BCUT2D eigenvalue weighted by atomic mass is 9.76. The second-order valence-electron chi connectivity index (χ2n) is 18.8. The number of hydrogen-bond acceptors (Lipinski definition) is 18. The van der Waals surface area contributed by atoms with Gasteiger partial charge in [0.2, 0.25) is 11.9 Å². The molecule has 3 aromatic heterocycles. The number of carbonyl (C=O) groups excluding carboxylic acids is 2. The van der Waals surface area contributed by atoms with Crippen molar-refractivity contribution in [2.24, 2.45) is 31.3 Å². The number of thiophene rings is 2. The van der Waals surface area contributed by atoms with Gasteiger partial charge in [-0.15, -0.1) is 43.1 Å². The van der Waals surface area contributed by atoms with Gasteiger partial charge in [0.1, 0.15) is 21.3 Å². The lowest BCUT2D eigenvalue weighted by molar-refractivity contribution is 0.0907. The molecule has 16 nitrogen and oxygen atoms in total. The van der Waals surface area contributed by atoms with Gasteiger partial charge in [-0.3, -0.25) is 14.1 Å². The van der Waals surface area contributed by atoms with Crippen LogP contribution in [-0.4, -0.2) is 65.7 Å². The number of aromatic nitrogens is 3. The van der Waals surface area contributed by atoms with E-state index in [9.17, 15) is 22.6 Å². The minimum Gasteiger partial charge on any atom is -0.372 e. The third-order valence-electron chi connectivity index (χ3n) is 12.1. The summed E-state index contributed by atoms with van der Waals surface area (Å²) in [5.41, 5.74) is 5.45. The number of fused-ring (bicyclic) bond motifs is 2. The van der Waals surface area contributed by atoms with Crippen molar-refractivity contribution in [2.45, 2.75) is 96.9 Å². The first-order valence-electron chi connectivity index (χ1n) is 23.3. The minimum atomic E-state index is -4.77. The van der Waals surface area contributed by atoms with Gasteiger partial charge < -0.3 is 20.4 Å². The summed E-state index contributed by atoms with van der Waals surface area (Å²) in [6, 6.07) is 23.4. The highest BCUT2D eigenvalue weighted by Gasteiger charge is 2.39. The first kappa shape index (κ1) is 50.5. The average molecular weight is 1020 g/mol. The van der Waals surface area contributed by atoms with Crippen LogP contribution in [0.1, 0.15) is 104 Å². The molecule has 0 unspecified atom stereocenters. The average Bonchev–Trinajstić information content (AvgIpc) is 3.89. The summed E-state index contributed by atoms with van der Waals surface area (Å²) in [6.45, 7) is 19.3. The van der Waals surface area contributed by atoms with Gasteiger partial charge in [0.15, 0.2) is 21.7 Å². The van der Waals surface area contributed by atoms with E-state index in [1.807, 2.05) is 80.6 Å². The number of anilines is 6. The van der Waals surface area contributed by atoms with Crippen LogP contribution in [0.15, 0.2) is 103 Å². The zero-order valence-electron chi connectivity index (χ0n) is 40.5. The molecule has 0 radical (unpaired) electrons. The number of thioether (sulfide) groups is 1. The Kier molecular flexibility index (Phi) is 15.0. The van der Waals surface area contributed by atoms with E-state index in [0.29, 0.717) is 45.1 Å². The number of azo groups is 2. The molecule has 0 atom stereocenters. The lowest BCUT2D eigenvalue weighted by Gasteiger charge is -2.28. The van der Waals surface area contributed by atoms with Gasteiger partial charge in [-0.25, -0.2) is 0 Å². The fraction of sp³-hybridized carbons (Fsp3) is 0.380. The Labute approximate surface area is 421 Å². The Morgan fingerprint density at radius 2 is 1.21 bits per heavy atom. The van der Waals surface area contributed by atoms with Crippen molar-refractivity contribution in [1.82, 2.24) is 15.0 Å². The van der Waals surface area contributed by atoms with Gasteiger partial charge in [0.05, 0.1) is 21.1 Å². The quantitative estimate of drug-likeness (QED) is 0.0416. The summed E-state index contributed by atoms with van der Waals surface area (Å²) < 4.78 is 36.3. The summed E-state index contributed by atoms with van der Waals surface area (Å²) in [5.74, 6) is 0.902. The van der Waals surface area contributed by atoms with Gasteiger partial charge in [-0.05, 0) is 111 Å². The Morgan fingerprint density at radius 3 is 1.77 bits per heavy atom. The van der Waals surface area contributed by atoms with E-state index in [2.05, 4.69) is 77.3 Å². The Bertz CT molecular complexity index is 3110. The predicted molar refractivity (Wildman–Crippen MR) is 282 cm³/mol. The van der Waals surface area contributed by atoms with Crippen LogP contribution in [0.3, 0.4) is 0 Å². The highest BCUT2D eigenvalue weighted by Crippen LogP contribution is 2.48. The second-order valence-corrected chi connectivity index (χ2v) is 23.1. The van der Waals surface area contributed by atoms with E-state index in [4.69, 9.17) is 20.1 Å². The maximum Gasteiger partial charge on any atom is 0.297 e. The predicted octanol–water partition coefficient (Wildman–Crippen LogP) is 13.9. The molecule has 0 fully saturated rings. The molecule has 8 rings (SSSR count). The standard InChI is InChI=1S/C50H57N11O5S4/c1-9-60(10-2)32-18-20-35(56-58-41-22-31-25-49(5,6)27-39(62)42(31)68-41)37(23-32)51-46-53-47(55-48(54-46)67-29-30-16-14-13-15-17-30)52-38-24-33(61(11-3)12-4)19-21-36(38)57-59-45-44(70(64,65)66)34-26-50(7,8)28-40(63)43(34)69-45/h13-24H,9-12,25-29H2,1-8H3,(H,64,65,66)(H2,51,52,53,54,55)/b58-56+,59-57+. The Hall–Kier alpha value is -5.93. The summed E-state index contributed by atoms with van der Waals surface area (Å²) in [6.07, 6.45) is 1.81. The van der Waals surface area contributed by atoms with E-state index in [1.54, 1.807) is 6.07 Å². The molecule has 366 valence electrons. The molecular formula is C50H57N11O5S4. The van der Waals surface area contributed by atoms with Gasteiger partial charge in [0.25, 0.3) is 10.1 Å². The topological polar surface area (TPSA) is 207 Å². The zero-order valence-corrected chi connectivity index (χ0v) is 43.8. The molecule has 0 spiro atoms. The fourth-order valence-corrected chi connectivity index (χ4v) is 12.8. The van der Waals surface area contributed by atoms with Crippen molar-refractivity contribution >= 4 is 112 Å². The Balaban J connectivity index is 1.20. The number of Topliss-reactive ketones (excluding diaryl/α,β-unsaturated/α-hetero) is 2. The van der Waals surface area contributed by atoms with E-state index in [1.165, 1.54) is 23.1 Å². The summed E-state index contributed by atoms with van der Waals surface area (Å²) in [7, 11) is -4.77. The third-order valence-corrected chi connectivity index (χ3v) is 16.4. The van der Waals surface area contributed by atoms with Crippen molar-refractivity contribution in [2.75, 3.05) is 46.6 Å². The molecule has 20 heteroatoms. The minimum absolute atomic E-state index is 0.0837. The SMILES string of the molecule is CCN(CC)c1ccc(/N=N/c2cc3c(s2)C(=O)CC(C)(C)C3)c(Nc2nc(Nc3cc(N(CC)CC)ccc3/N=N/c3sc4c(c3S(=O)(=O)O)CC(C)(C)CC4=O)nc(SCc3ccccc3)n2)c1. The number of nitrogens with one attached hydrogen (secondary N) is 2. The van der Waals surface area contributed by atoms with Crippen LogP contribution in [0.25, 0.3) is 0 Å². The van der Waals surface area contributed by atoms with Crippen molar-refractivity contribution in [1.29, 1.82) is 0 Å². The van der Waals surface area contributed by atoms with Crippen molar-refractivity contribution in [3.8, 4) is 0 Å². The number of nitrogens with zero attached hydrogens (tertiary/aromatic N) is 9. The number of carbonyl (C=O) groups is 2. The van der Waals surface area contributed by atoms with E-state index < -0.39 is 20.4 Å². The van der Waals surface area contributed by atoms with Gasteiger partial charge in [-0.2, -0.15) is 23.4 Å². The van der Waals surface area contributed by atoms with Crippen molar-refractivity contribution < 1.29 is 22.6 Å². The van der Waals surface area contributed by atoms with Gasteiger partial charge in [-0.1, -0.05) is 69.8 Å². The summed E-state index contributed by atoms with van der Waals surface area (Å²) in [5, 5.41) is 26.1. The first-order chi connectivity index (χ1) is 33.3. The number of hydrogen-bond donors (Lipinski definition) is 3. The number of benzene rings is 3. The maximum atomic E-state index is 13.2. The molecule has 0 saturated heterocycles. The van der Waals surface area contributed by atoms with E-state index in [0.717, 1.165) is 71.3 Å². The second kappa shape index (κ2) is 20.8. The molecule has 3 N–H and O–H groups in total. The largest absolute Gasteiger partial charge is 0.372 e. The smallest absolute Gasteiger partial charge is 0.297 e. The molecule has 0 bridgehead atoms. The molecule has 2 aliphatic carbocycles. The fourth-order valence-electron chi connectivity index (χ4n) is 8.83. The molecule has 0 amide bonds. The lowest BCUT2D eigenvalue weighted by Crippen LogP contribution is -2.26. The van der Waals surface area contributed by atoms with Crippen LogP contribution in [0.5, 0.6) is 0 Å². The van der Waals surface area contributed by atoms with Crippen LogP contribution >= 0.6 is 34.4 Å². The number of ketones is 2. The van der Waals surface area contributed by atoms with Crippen LogP contribution in [0.4, 0.5) is 56.0 Å². The summed E-state index contributed by atoms with van der Waals surface area (Å²) in [4.78, 5) is 45.9. The van der Waals surface area contributed by atoms with Crippen LogP contribution in [0, 0.1) is 10.8 Å². The van der Waals surface area contributed by atoms with E-state index >= 15 is 0 Å². The molecule has 70 heavy (non-hydrogen) atoms. The molecule has 6 aromatic rings. The zero-order chi connectivity index (χ0) is 50.0. The van der Waals surface area contributed by atoms with Crippen LogP contribution in [0.2, 0.25) is 0 Å².